The van der Waals surface area contributed by atoms with Crippen LogP contribution in [0.3, 0.4) is 0 Å². The van der Waals surface area contributed by atoms with Gasteiger partial charge in [0.2, 0.25) is 0 Å². The van der Waals surface area contributed by atoms with E-state index in [1.165, 1.54) is 122 Å². The zero-order chi connectivity index (χ0) is 33.6. The molecule has 0 amide bonds. The maximum atomic E-state index is 12.3. The van der Waals surface area contributed by atoms with E-state index in [2.05, 4.69) is 45.1 Å². The highest BCUT2D eigenvalue weighted by atomic mass is 16.6. The lowest BCUT2D eigenvalue weighted by molar-refractivity contribution is -0.155. The maximum Gasteiger partial charge on any atom is 0.305 e. The quantitative estimate of drug-likeness (QED) is 0.0384. The second-order valence-corrected chi connectivity index (χ2v) is 13.2. The Morgan fingerprint density at radius 2 is 0.826 bits per heavy atom. The second-order valence-electron chi connectivity index (χ2n) is 13.2. The van der Waals surface area contributed by atoms with Gasteiger partial charge in [0, 0.05) is 19.4 Å². The first kappa shape index (κ1) is 44.4. The SMILES string of the molecule is CCCCC/C=C\C/C=C\CCCCCCCCOC(COC(=O)CCCCCCCCC)COC(=O)CCCCCCCCC. The van der Waals surface area contributed by atoms with E-state index >= 15 is 0 Å². The highest BCUT2D eigenvalue weighted by Gasteiger charge is 2.16. The largest absolute Gasteiger partial charge is 0.463 e. The van der Waals surface area contributed by atoms with Gasteiger partial charge in [0.25, 0.3) is 0 Å². The number of ether oxygens (including phenoxy) is 3. The first-order valence-corrected chi connectivity index (χ1v) is 19.9. The van der Waals surface area contributed by atoms with Gasteiger partial charge in [-0.2, -0.15) is 0 Å². The van der Waals surface area contributed by atoms with Gasteiger partial charge in [-0.3, -0.25) is 9.59 Å². The van der Waals surface area contributed by atoms with Gasteiger partial charge >= 0.3 is 11.9 Å². The van der Waals surface area contributed by atoms with Crippen molar-refractivity contribution in [1.29, 1.82) is 0 Å². The van der Waals surface area contributed by atoms with Gasteiger partial charge in [-0.25, -0.2) is 0 Å². The summed E-state index contributed by atoms with van der Waals surface area (Å²) in [7, 11) is 0. The van der Waals surface area contributed by atoms with Crippen LogP contribution >= 0.6 is 0 Å². The van der Waals surface area contributed by atoms with Crippen molar-refractivity contribution in [2.45, 2.75) is 207 Å². The summed E-state index contributed by atoms with van der Waals surface area (Å²) in [5, 5.41) is 0. The van der Waals surface area contributed by atoms with Crippen molar-refractivity contribution in [3.05, 3.63) is 24.3 Å². The summed E-state index contributed by atoms with van der Waals surface area (Å²) in [6.45, 7) is 7.61. The third-order valence-electron chi connectivity index (χ3n) is 8.53. The standard InChI is InChI=1S/C41H76O5/c1-4-7-10-13-16-17-18-19-20-21-22-23-24-27-30-33-36-44-39(37-45-40(42)34-31-28-25-14-11-8-5-2)38-46-41(43)35-32-29-26-15-12-9-6-3/h16-17,19-20,39H,4-15,18,21-38H2,1-3H3/b17-16-,20-19-. The fraction of sp³-hybridized carbons (Fsp3) is 0.854. The number of hydrogen-bond acceptors (Lipinski definition) is 5. The summed E-state index contributed by atoms with van der Waals surface area (Å²) in [4.78, 5) is 24.7. The fourth-order valence-corrected chi connectivity index (χ4v) is 5.45. The van der Waals surface area contributed by atoms with Crippen molar-refractivity contribution < 1.29 is 23.8 Å². The van der Waals surface area contributed by atoms with Gasteiger partial charge in [-0.05, 0) is 51.4 Å². The van der Waals surface area contributed by atoms with Crippen molar-refractivity contribution in [2.75, 3.05) is 19.8 Å². The average Bonchev–Trinajstić information content (AvgIpc) is 3.06. The Balaban J connectivity index is 4.16. The molecular formula is C41H76O5. The van der Waals surface area contributed by atoms with Gasteiger partial charge < -0.3 is 14.2 Å². The van der Waals surface area contributed by atoms with E-state index in [9.17, 15) is 9.59 Å². The molecule has 0 fully saturated rings. The minimum absolute atomic E-state index is 0.155. The molecular weight excluding hydrogens is 572 g/mol. The van der Waals surface area contributed by atoms with E-state index in [1.54, 1.807) is 0 Å². The third-order valence-corrected chi connectivity index (χ3v) is 8.53. The van der Waals surface area contributed by atoms with Crippen molar-refractivity contribution in [2.24, 2.45) is 0 Å². The van der Waals surface area contributed by atoms with Gasteiger partial charge in [-0.15, -0.1) is 0 Å². The maximum absolute atomic E-state index is 12.3. The van der Waals surface area contributed by atoms with Crippen LogP contribution < -0.4 is 0 Å². The van der Waals surface area contributed by atoms with Crippen LogP contribution in [0.4, 0.5) is 0 Å². The molecule has 0 aliphatic heterocycles. The molecule has 0 rings (SSSR count). The highest BCUT2D eigenvalue weighted by Crippen LogP contribution is 2.12. The molecule has 0 aromatic rings. The molecule has 0 saturated carbocycles. The van der Waals surface area contributed by atoms with Crippen LogP contribution in [0.15, 0.2) is 24.3 Å². The Bertz CT molecular complexity index is 667. The van der Waals surface area contributed by atoms with Crippen LogP contribution in [0.1, 0.15) is 201 Å². The lowest BCUT2D eigenvalue weighted by atomic mass is 10.1. The minimum Gasteiger partial charge on any atom is -0.463 e. The molecule has 0 atom stereocenters. The third kappa shape index (κ3) is 35.2. The number of carbonyl (C=O) groups excluding carboxylic acids is 2. The topological polar surface area (TPSA) is 61.8 Å². The molecule has 0 heterocycles. The minimum atomic E-state index is -0.394. The Kier molecular flexibility index (Phi) is 36.5. The smallest absolute Gasteiger partial charge is 0.305 e. The first-order chi connectivity index (χ1) is 22.6. The van der Waals surface area contributed by atoms with E-state index in [0.717, 1.165) is 44.9 Å². The average molecular weight is 649 g/mol. The van der Waals surface area contributed by atoms with E-state index < -0.39 is 6.10 Å². The molecule has 270 valence electrons. The summed E-state index contributed by atoms with van der Waals surface area (Å²) in [5.74, 6) is -0.351. The highest BCUT2D eigenvalue weighted by molar-refractivity contribution is 5.69. The van der Waals surface area contributed by atoms with Crippen LogP contribution in [0, 0.1) is 0 Å². The lowest BCUT2D eigenvalue weighted by Gasteiger charge is -2.18. The predicted octanol–water partition coefficient (Wildman–Crippen LogP) is 12.6. The summed E-state index contributed by atoms with van der Waals surface area (Å²) in [5.41, 5.74) is 0. The Morgan fingerprint density at radius 3 is 1.30 bits per heavy atom. The number of hydrogen-bond donors (Lipinski definition) is 0. The van der Waals surface area contributed by atoms with E-state index in [-0.39, 0.29) is 25.2 Å². The Labute approximate surface area is 286 Å². The van der Waals surface area contributed by atoms with Gasteiger partial charge in [0.05, 0.1) is 0 Å². The van der Waals surface area contributed by atoms with Gasteiger partial charge in [0.15, 0.2) is 0 Å². The number of esters is 2. The number of allylic oxidation sites excluding steroid dienone is 4. The van der Waals surface area contributed by atoms with Crippen LogP contribution in [0.5, 0.6) is 0 Å². The lowest BCUT2D eigenvalue weighted by Crippen LogP contribution is -2.29. The van der Waals surface area contributed by atoms with Gasteiger partial charge in [-0.1, -0.05) is 161 Å². The van der Waals surface area contributed by atoms with Crippen molar-refractivity contribution in [3.63, 3.8) is 0 Å². The van der Waals surface area contributed by atoms with Crippen LogP contribution in [0.25, 0.3) is 0 Å². The molecule has 0 bridgehead atoms. The number of rotatable bonds is 36. The van der Waals surface area contributed by atoms with E-state index in [1.807, 2.05) is 0 Å². The predicted molar refractivity (Wildman–Crippen MR) is 196 cm³/mol. The van der Waals surface area contributed by atoms with Crippen LogP contribution in [-0.4, -0.2) is 37.9 Å². The molecule has 5 heteroatoms. The van der Waals surface area contributed by atoms with E-state index in [4.69, 9.17) is 14.2 Å². The summed E-state index contributed by atoms with van der Waals surface area (Å²) in [6, 6.07) is 0. The summed E-state index contributed by atoms with van der Waals surface area (Å²) >= 11 is 0. The zero-order valence-corrected chi connectivity index (χ0v) is 30.8. The molecule has 0 aromatic carbocycles. The molecule has 0 N–H and O–H groups in total. The normalized spacial score (nSPS) is 11.7. The summed E-state index contributed by atoms with van der Waals surface area (Å²) in [6.07, 6.45) is 40.6. The second kappa shape index (κ2) is 37.8. The Hall–Kier alpha value is -1.62. The van der Waals surface area contributed by atoms with Crippen molar-refractivity contribution in [1.82, 2.24) is 0 Å². The monoisotopic (exact) mass is 649 g/mol. The van der Waals surface area contributed by atoms with Crippen LogP contribution in [0.2, 0.25) is 0 Å². The van der Waals surface area contributed by atoms with Crippen molar-refractivity contribution in [3.8, 4) is 0 Å². The number of carbonyl (C=O) groups is 2. The zero-order valence-electron chi connectivity index (χ0n) is 30.8. The van der Waals surface area contributed by atoms with Crippen molar-refractivity contribution >= 4 is 11.9 Å². The molecule has 0 aliphatic rings. The molecule has 0 spiro atoms. The fourth-order valence-electron chi connectivity index (χ4n) is 5.45. The van der Waals surface area contributed by atoms with E-state index in [0.29, 0.717) is 19.4 Å². The molecule has 0 aromatic heterocycles. The van der Waals surface area contributed by atoms with Crippen LogP contribution in [-0.2, 0) is 23.8 Å². The summed E-state index contributed by atoms with van der Waals surface area (Å²) < 4.78 is 17.1. The Morgan fingerprint density at radius 1 is 0.457 bits per heavy atom. The first-order valence-electron chi connectivity index (χ1n) is 19.9. The molecule has 0 radical (unpaired) electrons. The molecule has 0 saturated heterocycles. The molecule has 0 unspecified atom stereocenters. The molecule has 46 heavy (non-hydrogen) atoms. The molecule has 0 aliphatic carbocycles. The molecule has 5 nitrogen and oxygen atoms in total. The van der Waals surface area contributed by atoms with Gasteiger partial charge in [0.1, 0.15) is 19.3 Å². The number of unbranched alkanes of at least 4 members (excludes halogenated alkanes) is 21.